The summed E-state index contributed by atoms with van der Waals surface area (Å²) < 4.78 is 30.6. The van der Waals surface area contributed by atoms with Crippen molar-refractivity contribution in [1.82, 2.24) is 0 Å². The van der Waals surface area contributed by atoms with Gasteiger partial charge in [0.2, 0.25) is 0 Å². The Bertz CT molecular complexity index is 864. The van der Waals surface area contributed by atoms with Crippen molar-refractivity contribution in [2.75, 3.05) is 26.4 Å². The minimum absolute atomic E-state index is 0.0661. The van der Waals surface area contributed by atoms with Gasteiger partial charge in [0, 0.05) is 32.8 Å². The van der Waals surface area contributed by atoms with Crippen LogP contribution in [-0.2, 0) is 39.6 Å². The summed E-state index contributed by atoms with van der Waals surface area (Å²) in [6, 6.07) is 10.7. The molecule has 1 aromatic rings. The molecule has 1 aliphatic carbocycles. The number of carbonyl (C=O) groups excluding carboxylic acids is 1. The molecule has 9 nitrogen and oxygen atoms in total. The summed E-state index contributed by atoms with van der Waals surface area (Å²) in [7, 11) is 0. The summed E-state index contributed by atoms with van der Waals surface area (Å²) in [6.07, 6.45) is 16.8. The van der Waals surface area contributed by atoms with Gasteiger partial charge >= 0.3 is 5.97 Å². The SMILES string of the molecule is C/C=C\CCCC(=O)OC(C)OCC.CC.CCOC(C)O.CCOC(C)O.CCOC(C)O[C@H]1CCC(/C=C/CCCc2ccccc2)C1. The van der Waals surface area contributed by atoms with Gasteiger partial charge in [-0.25, -0.2) is 0 Å². The zero-order valence-corrected chi connectivity index (χ0v) is 33.6. The first-order valence-corrected chi connectivity index (χ1v) is 19.0. The van der Waals surface area contributed by atoms with Crippen LogP contribution < -0.4 is 0 Å². The van der Waals surface area contributed by atoms with Crippen LogP contribution in [0.25, 0.3) is 0 Å². The van der Waals surface area contributed by atoms with Gasteiger partial charge in [0.25, 0.3) is 0 Å². The molecular formula is C41H76O9. The number of allylic oxidation sites excluding steroid dienone is 4. The minimum Gasteiger partial charge on any atom is -0.436 e. The van der Waals surface area contributed by atoms with Gasteiger partial charge in [-0.3, -0.25) is 4.79 Å². The summed E-state index contributed by atoms with van der Waals surface area (Å²) in [4.78, 5) is 11.2. The lowest BCUT2D eigenvalue weighted by Gasteiger charge is -2.18. The lowest BCUT2D eigenvalue weighted by atomic mass is 10.1. The van der Waals surface area contributed by atoms with E-state index in [0.29, 0.717) is 38.3 Å². The molecule has 1 aliphatic rings. The first-order valence-electron chi connectivity index (χ1n) is 19.0. The molecule has 50 heavy (non-hydrogen) atoms. The van der Waals surface area contributed by atoms with Crippen molar-refractivity contribution in [1.29, 1.82) is 0 Å². The van der Waals surface area contributed by atoms with E-state index in [0.717, 1.165) is 32.3 Å². The average Bonchev–Trinajstić information content (AvgIpc) is 3.52. The molecule has 294 valence electrons. The van der Waals surface area contributed by atoms with Crippen molar-refractivity contribution in [2.24, 2.45) is 5.92 Å². The number of ether oxygens (including phenoxy) is 6. The number of aliphatic hydroxyl groups is 2. The standard InChI is InChI=1S/C20H30O2.C11H20O3.2C4H10O2.C2H6/c1-3-21-17(2)22-20-15-14-19(16-20)13-9-5-8-12-18-10-6-4-7-11-18;1-4-6-7-8-9-11(12)14-10(3)13-5-2;2*1-3-6-4(2)5;1-2/h4,6-7,9-11,13,17,19-20H,3,5,8,12,14-16H2,1-2H3;4,6,10H,5,7-9H2,1-3H3;2*4-5H,3H2,1-2H3;1-2H3/b13-9+;6-4-;;;/t17?,19?,20-;;;;/m0..../s1. The zero-order valence-electron chi connectivity index (χ0n) is 33.6. The summed E-state index contributed by atoms with van der Waals surface area (Å²) in [5.74, 6) is 0.506. The molecule has 1 saturated carbocycles. The molecule has 0 bridgehead atoms. The van der Waals surface area contributed by atoms with Crippen LogP contribution in [0, 0.1) is 5.92 Å². The number of rotatable bonds is 20. The molecule has 0 saturated heterocycles. The van der Waals surface area contributed by atoms with E-state index in [4.69, 9.17) is 29.2 Å². The molecular weight excluding hydrogens is 636 g/mol. The maximum Gasteiger partial charge on any atom is 0.308 e. The molecule has 2 rings (SSSR count). The number of esters is 1. The minimum atomic E-state index is -0.602. The van der Waals surface area contributed by atoms with Gasteiger partial charge < -0.3 is 38.6 Å². The molecule has 5 unspecified atom stereocenters. The molecule has 0 aromatic heterocycles. The predicted octanol–water partition coefficient (Wildman–Crippen LogP) is 9.54. The molecule has 9 heteroatoms. The maximum absolute atomic E-state index is 11.2. The van der Waals surface area contributed by atoms with Crippen LogP contribution in [0.2, 0.25) is 0 Å². The van der Waals surface area contributed by atoms with Gasteiger partial charge in [0.1, 0.15) is 0 Å². The monoisotopic (exact) mass is 713 g/mol. The lowest BCUT2D eigenvalue weighted by molar-refractivity contribution is -0.173. The van der Waals surface area contributed by atoms with Crippen molar-refractivity contribution < 1.29 is 43.4 Å². The first kappa shape index (κ1) is 52.3. The third kappa shape index (κ3) is 38.7. The number of aliphatic hydroxyl groups excluding tert-OH is 2. The van der Waals surface area contributed by atoms with Crippen molar-refractivity contribution >= 4 is 5.97 Å². The number of hydrogen-bond acceptors (Lipinski definition) is 9. The van der Waals surface area contributed by atoms with Crippen LogP contribution in [0.15, 0.2) is 54.6 Å². The Kier molecular flexibility index (Phi) is 41.5. The quantitative estimate of drug-likeness (QED) is 0.0591. The largest absolute Gasteiger partial charge is 0.436 e. The van der Waals surface area contributed by atoms with E-state index in [1.807, 2.05) is 67.5 Å². The average molecular weight is 713 g/mol. The number of unbranched alkanes of at least 4 members (excludes halogenated alkanes) is 2. The molecule has 0 aliphatic heterocycles. The molecule has 0 radical (unpaired) electrons. The van der Waals surface area contributed by atoms with Crippen molar-refractivity contribution in [3.05, 3.63) is 60.2 Å². The van der Waals surface area contributed by atoms with Crippen LogP contribution in [0.1, 0.15) is 133 Å². The maximum atomic E-state index is 11.2. The Morgan fingerprint density at radius 3 is 1.82 bits per heavy atom. The summed E-state index contributed by atoms with van der Waals surface area (Å²) >= 11 is 0. The topological polar surface area (TPSA) is 113 Å². The molecule has 0 amide bonds. The van der Waals surface area contributed by atoms with Crippen molar-refractivity contribution in [3.63, 3.8) is 0 Å². The Morgan fingerprint density at radius 1 is 0.780 bits per heavy atom. The van der Waals surface area contributed by atoms with E-state index in [-0.39, 0.29) is 12.3 Å². The van der Waals surface area contributed by atoms with Crippen LogP contribution in [0.3, 0.4) is 0 Å². The van der Waals surface area contributed by atoms with Crippen LogP contribution >= 0.6 is 0 Å². The van der Waals surface area contributed by atoms with E-state index in [1.165, 1.54) is 31.2 Å². The molecule has 1 aromatic carbocycles. The summed E-state index contributed by atoms with van der Waals surface area (Å²) in [5.41, 5.74) is 1.44. The van der Waals surface area contributed by atoms with Crippen LogP contribution in [0.5, 0.6) is 0 Å². The summed E-state index contributed by atoms with van der Waals surface area (Å²) in [5, 5.41) is 16.7. The van der Waals surface area contributed by atoms with E-state index in [2.05, 4.69) is 52.0 Å². The van der Waals surface area contributed by atoms with E-state index >= 15 is 0 Å². The lowest BCUT2D eigenvalue weighted by Crippen LogP contribution is -2.20. The Hall–Kier alpha value is -2.11. The van der Waals surface area contributed by atoms with Gasteiger partial charge in [0.15, 0.2) is 25.2 Å². The Labute approximate surface area is 306 Å². The van der Waals surface area contributed by atoms with Gasteiger partial charge in [-0.1, -0.05) is 68.5 Å². The zero-order chi connectivity index (χ0) is 38.4. The molecule has 0 heterocycles. The summed E-state index contributed by atoms with van der Waals surface area (Å²) in [6.45, 7) is 22.9. The third-order valence-corrected chi connectivity index (χ3v) is 6.80. The Balaban J connectivity index is -0.000000672. The second-order valence-electron chi connectivity index (χ2n) is 11.2. The Morgan fingerprint density at radius 2 is 1.32 bits per heavy atom. The number of aryl methyl sites for hydroxylation is 1. The highest BCUT2D eigenvalue weighted by Crippen LogP contribution is 2.30. The highest BCUT2D eigenvalue weighted by molar-refractivity contribution is 5.69. The van der Waals surface area contributed by atoms with E-state index in [1.54, 1.807) is 20.8 Å². The van der Waals surface area contributed by atoms with Gasteiger partial charge in [-0.2, -0.15) is 0 Å². The number of carbonyl (C=O) groups is 1. The number of benzene rings is 1. The van der Waals surface area contributed by atoms with Gasteiger partial charge in [-0.15, -0.1) is 0 Å². The fourth-order valence-corrected chi connectivity index (χ4v) is 4.70. The normalized spacial score (nSPS) is 17.5. The van der Waals surface area contributed by atoms with Crippen molar-refractivity contribution in [3.8, 4) is 0 Å². The van der Waals surface area contributed by atoms with Crippen LogP contribution in [0.4, 0.5) is 0 Å². The van der Waals surface area contributed by atoms with Crippen LogP contribution in [-0.4, -0.2) is 73.9 Å². The van der Waals surface area contributed by atoms with Crippen molar-refractivity contribution in [2.45, 2.75) is 165 Å². The predicted molar refractivity (Wildman–Crippen MR) is 206 cm³/mol. The number of hydrogen-bond donors (Lipinski definition) is 2. The molecule has 6 atom stereocenters. The molecule has 1 fully saturated rings. The second-order valence-corrected chi connectivity index (χ2v) is 11.2. The fourth-order valence-electron chi connectivity index (χ4n) is 4.70. The third-order valence-electron chi connectivity index (χ3n) is 6.80. The van der Waals surface area contributed by atoms with Gasteiger partial charge in [-0.05, 0) is 125 Å². The first-order chi connectivity index (χ1) is 24.0. The molecule has 2 N–H and O–H groups in total. The smallest absolute Gasteiger partial charge is 0.308 e. The van der Waals surface area contributed by atoms with E-state index < -0.39 is 18.9 Å². The highest BCUT2D eigenvalue weighted by Gasteiger charge is 2.25. The van der Waals surface area contributed by atoms with E-state index in [9.17, 15) is 4.79 Å². The van der Waals surface area contributed by atoms with Gasteiger partial charge in [0.05, 0.1) is 6.10 Å². The molecule has 0 spiro atoms. The fraction of sp³-hybridized carbons (Fsp3) is 0.732. The highest BCUT2D eigenvalue weighted by atomic mass is 16.7. The second kappa shape index (κ2) is 39.7.